The van der Waals surface area contributed by atoms with Crippen molar-refractivity contribution < 1.29 is 32.2 Å². The number of sulfone groups is 1. The van der Waals surface area contributed by atoms with Crippen LogP contribution in [0.25, 0.3) is 0 Å². The summed E-state index contributed by atoms with van der Waals surface area (Å²) < 4.78 is 40.8. The zero-order chi connectivity index (χ0) is 27.7. The Morgan fingerprint density at radius 3 is 1.82 bits per heavy atom. The van der Waals surface area contributed by atoms with Crippen LogP contribution in [-0.4, -0.2) is 56.5 Å². The van der Waals surface area contributed by atoms with Crippen LogP contribution in [0.15, 0.2) is 58.4 Å². The van der Waals surface area contributed by atoms with Crippen LogP contribution in [0.4, 0.5) is 15.3 Å². The molecule has 12 heteroatoms. The Bertz CT molecular complexity index is 1200. The van der Waals surface area contributed by atoms with Crippen molar-refractivity contribution in [3.05, 3.63) is 48.5 Å². The fourth-order valence-electron chi connectivity index (χ4n) is 2.91. The van der Waals surface area contributed by atoms with Crippen LogP contribution in [0.1, 0.15) is 27.7 Å². The lowest BCUT2D eigenvalue weighted by molar-refractivity contribution is 0.135. The van der Waals surface area contributed by atoms with E-state index in [0.717, 1.165) is 5.75 Å². The van der Waals surface area contributed by atoms with Gasteiger partial charge >= 0.3 is 12.2 Å². The maximum Gasteiger partial charge on any atom is 0.413 e. The number of aliphatic imine (C=N–C) groups is 1. The van der Waals surface area contributed by atoms with Crippen LogP contribution in [0, 0.1) is 11.8 Å². The number of alkyl carbamates (subject to hydrolysis) is 2. The van der Waals surface area contributed by atoms with Gasteiger partial charge in [-0.05, 0) is 60.4 Å². The number of carbonyl (C=O) groups is 2. The molecule has 1 heterocycles. The molecular formula is C26H33N3O7S2. The number of nitrogens with zero attached hydrogens (tertiary/aromatic N) is 1. The summed E-state index contributed by atoms with van der Waals surface area (Å²) in [5.41, 5.74) is 0.417. The first-order chi connectivity index (χ1) is 18.0. The van der Waals surface area contributed by atoms with Gasteiger partial charge in [0, 0.05) is 11.0 Å². The first kappa shape index (κ1) is 29.3. The number of hydrogen-bond acceptors (Lipinski definition) is 9. The molecule has 1 atom stereocenters. The summed E-state index contributed by atoms with van der Waals surface area (Å²) in [4.78, 5) is 28.8. The summed E-state index contributed by atoms with van der Waals surface area (Å²) in [7, 11) is -3.31. The van der Waals surface area contributed by atoms with Crippen molar-refractivity contribution in [3.63, 3.8) is 0 Å². The number of benzene rings is 2. The second-order valence-corrected chi connectivity index (χ2v) is 12.9. The van der Waals surface area contributed by atoms with E-state index in [0.29, 0.717) is 17.2 Å². The molecule has 0 aliphatic carbocycles. The van der Waals surface area contributed by atoms with Gasteiger partial charge in [-0.15, -0.1) is 0 Å². The minimum atomic E-state index is -3.31. The third-order valence-electron chi connectivity index (χ3n) is 4.84. The van der Waals surface area contributed by atoms with Crippen molar-refractivity contribution in [1.82, 2.24) is 10.6 Å². The first-order valence-corrected chi connectivity index (χ1v) is 14.9. The highest BCUT2D eigenvalue weighted by molar-refractivity contribution is 8.08. The number of nitrogens with one attached hydrogen (secondary N) is 2. The molecule has 2 amide bonds. The lowest BCUT2D eigenvalue weighted by Crippen LogP contribution is -2.44. The van der Waals surface area contributed by atoms with Crippen molar-refractivity contribution in [2.45, 2.75) is 37.8 Å². The highest BCUT2D eigenvalue weighted by Gasteiger charge is 2.29. The van der Waals surface area contributed by atoms with Crippen molar-refractivity contribution in [1.29, 1.82) is 0 Å². The minimum absolute atomic E-state index is 0.139. The molecule has 0 bridgehead atoms. The van der Waals surface area contributed by atoms with Gasteiger partial charge in [0.15, 0.2) is 9.84 Å². The first-order valence-electron chi connectivity index (χ1n) is 12.2. The predicted molar refractivity (Wildman–Crippen MR) is 147 cm³/mol. The molecule has 2 N–H and O–H groups in total. The van der Waals surface area contributed by atoms with E-state index < -0.39 is 22.0 Å². The molecular weight excluding hydrogens is 530 g/mol. The Morgan fingerprint density at radius 1 is 0.895 bits per heavy atom. The van der Waals surface area contributed by atoms with E-state index in [9.17, 15) is 18.0 Å². The topological polar surface area (TPSA) is 132 Å². The van der Waals surface area contributed by atoms with Crippen molar-refractivity contribution in [2.75, 3.05) is 24.7 Å². The van der Waals surface area contributed by atoms with Gasteiger partial charge in [-0.1, -0.05) is 27.7 Å². The Morgan fingerprint density at radius 2 is 1.37 bits per heavy atom. The smallest absolute Gasteiger partial charge is 0.413 e. The highest BCUT2D eigenvalue weighted by Crippen LogP contribution is 2.33. The SMILES string of the molecule is CC(C)COC(=O)NC(=Nc1ccc(Oc2ccc(S(=O)(=O)CC3CS3)cc2)cc1)NC(=O)OCC(C)C. The van der Waals surface area contributed by atoms with Crippen LogP contribution >= 0.6 is 11.8 Å². The van der Waals surface area contributed by atoms with Crippen molar-refractivity contribution >= 4 is 45.4 Å². The Kier molecular flexibility index (Phi) is 10.4. The molecule has 1 fully saturated rings. The molecule has 1 unspecified atom stereocenters. The summed E-state index contributed by atoms with van der Waals surface area (Å²) in [6.45, 7) is 8.01. The number of ether oxygens (including phenoxy) is 3. The molecule has 1 aliphatic rings. The molecule has 10 nitrogen and oxygen atoms in total. The van der Waals surface area contributed by atoms with Crippen molar-refractivity contribution in [3.8, 4) is 11.5 Å². The Balaban J connectivity index is 1.66. The van der Waals surface area contributed by atoms with Gasteiger partial charge in [-0.3, -0.25) is 10.6 Å². The molecule has 206 valence electrons. The third-order valence-corrected chi connectivity index (χ3v) is 7.85. The second kappa shape index (κ2) is 13.5. The summed E-state index contributed by atoms with van der Waals surface area (Å²) in [5, 5.41) is 5.04. The molecule has 2 aromatic rings. The summed E-state index contributed by atoms with van der Waals surface area (Å²) in [6, 6.07) is 12.9. The summed E-state index contributed by atoms with van der Waals surface area (Å²) in [6.07, 6.45) is -1.52. The maximum atomic E-state index is 12.4. The fourth-order valence-corrected chi connectivity index (χ4v) is 5.59. The third kappa shape index (κ3) is 10.3. The zero-order valence-corrected chi connectivity index (χ0v) is 23.4. The largest absolute Gasteiger partial charge is 0.457 e. The van der Waals surface area contributed by atoms with E-state index in [1.54, 1.807) is 48.2 Å². The average molecular weight is 564 g/mol. The van der Waals surface area contributed by atoms with E-state index in [-0.39, 0.29) is 46.9 Å². The van der Waals surface area contributed by atoms with E-state index in [1.807, 2.05) is 27.7 Å². The van der Waals surface area contributed by atoms with Gasteiger partial charge in [0.25, 0.3) is 0 Å². The number of rotatable bonds is 10. The van der Waals surface area contributed by atoms with E-state index in [2.05, 4.69) is 15.6 Å². The number of thioether (sulfide) groups is 1. The fraction of sp³-hybridized carbons (Fsp3) is 0.423. The van der Waals surface area contributed by atoms with Gasteiger partial charge < -0.3 is 14.2 Å². The predicted octanol–water partition coefficient (Wildman–Crippen LogP) is 5.12. The molecule has 1 saturated heterocycles. The number of amides is 2. The zero-order valence-electron chi connectivity index (χ0n) is 21.8. The van der Waals surface area contributed by atoms with E-state index >= 15 is 0 Å². The van der Waals surface area contributed by atoms with Crippen LogP contribution in [0.2, 0.25) is 0 Å². The number of guanidine groups is 1. The lowest BCUT2D eigenvalue weighted by atomic mass is 10.2. The summed E-state index contributed by atoms with van der Waals surface area (Å²) >= 11 is 1.64. The quantitative estimate of drug-likeness (QED) is 0.231. The van der Waals surface area contributed by atoms with Gasteiger partial charge in [-0.2, -0.15) is 11.8 Å². The van der Waals surface area contributed by atoms with Crippen LogP contribution in [0.3, 0.4) is 0 Å². The van der Waals surface area contributed by atoms with E-state index in [1.165, 1.54) is 12.1 Å². The minimum Gasteiger partial charge on any atom is -0.457 e. The van der Waals surface area contributed by atoms with E-state index in [4.69, 9.17) is 14.2 Å². The van der Waals surface area contributed by atoms with Gasteiger partial charge in [0.05, 0.1) is 29.5 Å². The monoisotopic (exact) mass is 563 g/mol. The molecule has 3 rings (SSSR count). The molecule has 0 radical (unpaired) electrons. The van der Waals surface area contributed by atoms with Gasteiger partial charge in [0.2, 0.25) is 5.96 Å². The molecule has 0 spiro atoms. The van der Waals surface area contributed by atoms with Crippen molar-refractivity contribution in [2.24, 2.45) is 16.8 Å². The molecule has 0 aromatic heterocycles. The standard InChI is InChI=1S/C26H33N3O7S2/c1-17(2)13-34-25(30)28-24(29-26(31)35-14-18(3)4)27-19-5-7-20(8-6-19)36-21-9-11-23(12-10-21)38(32,33)16-22-15-37-22/h5-12,17-18,22H,13-16H2,1-4H3,(H2,27,28,29,30,31). The average Bonchev–Trinajstić information content (AvgIpc) is 3.66. The molecule has 0 saturated carbocycles. The van der Waals surface area contributed by atoms with Gasteiger partial charge in [-0.25, -0.2) is 23.0 Å². The van der Waals surface area contributed by atoms with Gasteiger partial charge in [0.1, 0.15) is 11.5 Å². The highest BCUT2D eigenvalue weighted by atomic mass is 32.2. The maximum absolute atomic E-state index is 12.4. The normalized spacial score (nSPS) is 14.5. The second-order valence-electron chi connectivity index (χ2n) is 9.50. The Hall–Kier alpha value is -3.25. The van der Waals surface area contributed by atoms with Crippen LogP contribution < -0.4 is 15.4 Å². The van der Waals surface area contributed by atoms with Crippen LogP contribution in [-0.2, 0) is 19.3 Å². The van der Waals surface area contributed by atoms with Crippen LogP contribution in [0.5, 0.6) is 11.5 Å². The summed E-state index contributed by atoms with van der Waals surface area (Å²) in [5.74, 6) is 2.13. The molecule has 2 aromatic carbocycles. The number of hydrogen-bond donors (Lipinski definition) is 2. The lowest BCUT2D eigenvalue weighted by Gasteiger charge is -2.13. The molecule has 1 aliphatic heterocycles. The molecule has 38 heavy (non-hydrogen) atoms. The number of carbonyl (C=O) groups excluding carboxylic acids is 2. The Labute approximate surface area is 227 Å².